The van der Waals surface area contributed by atoms with Gasteiger partial charge in [-0.3, -0.25) is 4.79 Å². The van der Waals surface area contributed by atoms with Gasteiger partial charge < -0.3 is 164 Å². The summed E-state index contributed by atoms with van der Waals surface area (Å²) in [5, 5.41) is 226. The van der Waals surface area contributed by atoms with Crippen LogP contribution in [0, 0.1) is 45.3 Å². The molecule has 10 rings (SSSR count). The number of ketones is 1. The number of carbonyl (C=O) groups is 1. The van der Waals surface area contributed by atoms with E-state index in [1.807, 2.05) is 13.8 Å². The van der Waals surface area contributed by atoms with E-state index in [1.165, 1.54) is 13.8 Å². The first-order valence-electron chi connectivity index (χ1n) is 34.9. The number of carbonyl (C=O) groups excluding carboxylic acids is 1. The normalized spacial score (nSPS) is 51.3. The van der Waals surface area contributed by atoms with Crippen LogP contribution in [0.1, 0.15) is 107 Å². The third kappa shape index (κ3) is 14.7. The lowest BCUT2D eigenvalue weighted by Gasteiger charge is -2.65. The number of Topliss-reactive ketones (excluding diaryl/α,β-unsaturated/α-hetero) is 1. The molecule has 578 valence electrons. The molecule has 6 aliphatic heterocycles. The SMILES string of the molecule is C[C@H](CC[C@@H](O[C@@H]1O[C@H](CO[C@@H]2O[C@H](CO)[C@@H](O)[C@H](O)[C@H]2O)[C@@H](O)[C@H](O)[C@H]1O[C@@H]1O[C@H](CO)[C@@H](O)[C@H](O)[C@H]1O)C(C)(C)O)[C@H]1CC[C@@]2(C)[C@@H]3CC=C4[C@@H](CC[C@H](O[C@@H]5O[C@H](CO[C@@H]6O[C@H](CO)[C@@H](O[C@H]7O[C@H](CO)[C@@H](O)[C@H](O)[C@H]7O)[C@H](O)[C@H]6O)[C@@H](O)[C@H](O)[C@H]5O)C4(C)C)[C@]3(C)C(=O)C[C@]12C. The molecule has 0 aromatic rings. The van der Waals surface area contributed by atoms with Crippen LogP contribution in [0.25, 0.3) is 0 Å². The lowest BCUT2D eigenvalue weighted by molar-refractivity contribution is -0.380. The molecule has 21 N–H and O–H groups in total. The number of fused-ring (bicyclic) bond motifs is 5. The minimum absolute atomic E-state index is 0.0250. The molecule has 39 atom stereocenters. The molecule has 3 saturated carbocycles. The Hall–Kier alpha value is -1.91. The maximum atomic E-state index is 15.5. The van der Waals surface area contributed by atoms with Gasteiger partial charge >= 0.3 is 0 Å². The smallest absolute Gasteiger partial charge is 0.187 e. The Morgan fingerprint density at radius 2 is 0.890 bits per heavy atom. The summed E-state index contributed by atoms with van der Waals surface area (Å²) in [6.45, 7) is 11.0. The van der Waals surface area contributed by atoms with Crippen molar-refractivity contribution in [3.05, 3.63) is 11.6 Å². The predicted octanol–water partition coefficient (Wildman–Crippen LogP) is -7.38. The second-order valence-electron chi connectivity index (χ2n) is 31.3. The number of ether oxygens (including phenoxy) is 12. The number of allylic oxidation sites excluding steroid dienone is 1. The number of aliphatic hydroxyl groups is 21. The molecule has 0 aromatic heterocycles. The van der Waals surface area contributed by atoms with Crippen LogP contribution in [0.15, 0.2) is 11.6 Å². The molecule has 100 heavy (non-hydrogen) atoms. The molecule has 34 heteroatoms. The molecule has 0 aromatic carbocycles. The van der Waals surface area contributed by atoms with Gasteiger partial charge in [0.1, 0.15) is 152 Å². The monoisotopic (exact) mass is 1450 g/mol. The third-order valence-electron chi connectivity index (χ3n) is 24.7. The van der Waals surface area contributed by atoms with Gasteiger partial charge in [-0.15, -0.1) is 0 Å². The molecular formula is C66H110O34. The Bertz CT molecular complexity index is 2720. The summed E-state index contributed by atoms with van der Waals surface area (Å²) in [6, 6.07) is 0. The summed E-state index contributed by atoms with van der Waals surface area (Å²) in [7, 11) is 0. The minimum atomic E-state index is -1.98. The zero-order chi connectivity index (χ0) is 73.5. The molecule has 0 spiro atoms. The van der Waals surface area contributed by atoms with Crippen molar-refractivity contribution >= 4 is 5.78 Å². The van der Waals surface area contributed by atoms with Crippen LogP contribution in [0.3, 0.4) is 0 Å². The molecule has 10 aliphatic rings. The molecule has 0 bridgehead atoms. The first-order chi connectivity index (χ1) is 46.9. The quantitative estimate of drug-likeness (QED) is 0.0423. The number of hydrogen-bond acceptors (Lipinski definition) is 34. The topological polar surface area (TPSA) is 553 Å². The summed E-state index contributed by atoms with van der Waals surface area (Å²) in [4.78, 5) is 15.5. The van der Waals surface area contributed by atoms with Crippen molar-refractivity contribution in [2.24, 2.45) is 45.3 Å². The van der Waals surface area contributed by atoms with E-state index in [0.717, 1.165) is 18.4 Å². The Balaban J connectivity index is 0.795. The average Bonchev–Trinajstić information content (AvgIpc) is 1.32. The second-order valence-corrected chi connectivity index (χ2v) is 31.3. The Kier molecular flexibility index (Phi) is 25.3. The van der Waals surface area contributed by atoms with E-state index in [1.54, 1.807) is 0 Å². The Morgan fingerprint density at radius 3 is 1.39 bits per heavy atom. The van der Waals surface area contributed by atoms with Crippen molar-refractivity contribution in [3.8, 4) is 0 Å². The maximum absolute atomic E-state index is 15.5. The van der Waals surface area contributed by atoms with Gasteiger partial charge in [0.05, 0.1) is 57.5 Å². The van der Waals surface area contributed by atoms with Gasteiger partial charge in [0.2, 0.25) is 0 Å². The van der Waals surface area contributed by atoms with E-state index in [4.69, 9.17) is 56.8 Å². The maximum Gasteiger partial charge on any atom is 0.187 e. The predicted molar refractivity (Wildman–Crippen MR) is 332 cm³/mol. The highest BCUT2D eigenvalue weighted by molar-refractivity contribution is 5.88. The molecule has 9 fully saturated rings. The van der Waals surface area contributed by atoms with Crippen molar-refractivity contribution in [3.63, 3.8) is 0 Å². The number of aliphatic hydroxyl groups excluding tert-OH is 20. The van der Waals surface area contributed by atoms with Crippen LogP contribution >= 0.6 is 0 Å². The van der Waals surface area contributed by atoms with Crippen LogP contribution in [-0.4, -0.2) is 355 Å². The average molecular weight is 1450 g/mol. The number of hydrogen-bond donors (Lipinski definition) is 21. The van der Waals surface area contributed by atoms with E-state index in [0.29, 0.717) is 25.7 Å². The standard InChI is InChI=1S/C66H110O34/c1-24(9-13-37(63(4,5)88)98-61-55(100-60-52(86)45(79)40(74)30(20-69)93-60)47(81)42(76)33(96-61)23-89-56-49(83)43(77)38(72)28(18-67)91-56)25-15-16-64(6)34-12-10-26-27(66(34,8)35(71)17-65(25,64)7)11-14-36(62(26,2)3)97-58-50(84)46(80)41(75)32(95-58)22-90-57-53(87)48(82)54(31(21-70)94-57)99-59-51(85)44(78)39(73)29(19-68)92-59/h10,24-25,27-34,36-61,67-70,72-88H,9,11-23H2,1-8H3/t24-,25-,27-,28-,29-,30-,31-,32-,33-,34+,36+,37-,38-,39-,40-,41-,42-,43+,44+,45+,46+,47+,48-,49-,50-,51-,52-,53-,54-,55-,56-,57-,58+,59-,60+,61+,64+,65-,66+/m1/s1. The van der Waals surface area contributed by atoms with Crippen molar-refractivity contribution in [1.29, 1.82) is 0 Å². The summed E-state index contributed by atoms with van der Waals surface area (Å²) in [5.74, 6) is -0.354. The third-order valence-corrected chi connectivity index (χ3v) is 24.7. The Labute approximate surface area is 578 Å². The fourth-order valence-corrected chi connectivity index (χ4v) is 18.2. The Morgan fingerprint density at radius 1 is 0.480 bits per heavy atom. The van der Waals surface area contributed by atoms with Gasteiger partial charge in [0.15, 0.2) is 37.7 Å². The highest BCUT2D eigenvalue weighted by Gasteiger charge is 2.71. The van der Waals surface area contributed by atoms with Crippen LogP contribution in [0.2, 0.25) is 0 Å². The van der Waals surface area contributed by atoms with Crippen LogP contribution in [0.5, 0.6) is 0 Å². The van der Waals surface area contributed by atoms with Crippen LogP contribution in [-0.2, 0) is 61.6 Å². The zero-order valence-corrected chi connectivity index (χ0v) is 57.5. The van der Waals surface area contributed by atoms with Crippen molar-refractivity contribution in [2.75, 3.05) is 39.6 Å². The molecular weight excluding hydrogens is 1340 g/mol. The summed E-state index contributed by atoms with van der Waals surface area (Å²) in [6.07, 6.45) is -47.8. The zero-order valence-electron chi connectivity index (χ0n) is 57.5. The van der Waals surface area contributed by atoms with Gasteiger partial charge in [-0.1, -0.05) is 53.2 Å². The van der Waals surface area contributed by atoms with Crippen molar-refractivity contribution < 1.29 is 169 Å². The van der Waals surface area contributed by atoms with Gasteiger partial charge in [-0.05, 0) is 93.3 Å². The second kappa shape index (κ2) is 31.4. The van der Waals surface area contributed by atoms with Crippen molar-refractivity contribution in [1.82, 2.24) is 0 Å². The van der Waals surface area contributed by atoms with E-state index >= 15 is 4.79 Å². The highest BCUT2D eigenvalue weighted by Crippen LogP contribution is 2.74. The van der Waals surface area contributed by atoms with E-state index in [2.05, 4.69) is 33.8 Å². The van der Waals surface area contributed by atoms with E-state index in [-0.39, 0.29) is 47.7 Å². The summed E-state index contributed by atoms with van der Waals surface area (Å²) in [5.41, 5.74) is -3.20. The fraction of sp³-hybridized carbons (Fsp3) is 0.955. The molecule has 0 radical (unpaired) electrons. The molecule has 0 unspecified atom stereocenters. The van der Waals surface area contributed by atoms with E-state index in [9.17, 15) is 107 Å². The molecule has 6 heterocycles. The summed E-state index contributed by atoms with van der Waals surface area (Å²) < 4.78 is 70.9. The first-order valence-corrected chi connectivity index (χ1v) is 34.9. The number of rotatable bonds is 23. The van der Waals surface area contributed by atoms with Crippen molar-refractivity contribution in [2.45, 2.75) is 309 Å². The van der Waals surface area contributed by atoms with E-state index < -0.39 is 258 Å². The van der Waals surface area contributed by atoms with Gasteiger partial charge in [0, 0.05) is 17.3 Å². The first kappa shape index (κ1) is 80.6. The fourth-order valence-electron chi connectivity index (χ4n) is 18.2. The molecule has 4 aliphatic carbocycles. The lowest BCUT2D eigenvalue weighted by atomic mass is 9.38. The van der Waals surface area contributed by atoms with Gasteiger partial charge in [-0.2, -0.15) is 0 Å². The molecule has 6 saturated heterocycles. The lowest BCUT2D eigenvalue weighted by Crippen LogP contribution is -2.65. The van der Waals surface area contributed by atoms with Crippen LogP contribution < -0.4 is 0 Å². The largest absolute Gasteiger partial charge is 0.394 e. The van der Waals surface area contributed by atoms with Gasteiger partial charge in [0.25, 0.3) is 0 Å². The van der Waals surface area contributed by atoms with Crippen LogP contribution in [0.4, 0.5) is 0 Å². The minimum Gasteiger partial charge on any atom is -0.394 e. The highest BCUT2D eigenvalue weighted by atomic mass is 16.8. The molecule has 34 nitrogen and oxygen atoms in total. The summed E-state index contributed by atoms with van der Waals surface area (Å²) >= 11 is 0. The molecule has 0 amide bonds. The van der Waals surface area contributed by atoms with Gasteiger partial charge in [-0.25, -0.2) is 0 Å².